The Labute approximate surface area is 169 Å². The quantitative estimate of drug-likeness (QED) is 0.686. The van der Waals surface area contributed by atoms with Crippen molar-refractivity contribution in [2.24, 2.45) is 5.14 Å². The van der Waals surface area contributed by atoms with Gasteiger partial charge in [-0.25, -0.2) is 22.3 Å². The van der Waals surface area contributed by atoms with Crippen LogP contribution in [0.15, 0.2) is 39.6 Å². The minimum atomic E-state index is -3.87. The number of nitrogens with two attached hydrogens (primary N) is 1. The highest BCUT2D eigenvalue weighted by Gasteiger charge is 2.41. The van der Waals surface area contributed by atoms with Crippen LogP contribution in [0.1, 0.15) is 25.7 Å². The number of primary sulfonamides is 1. The van der Waals surface area contributed by atoms with Crippen LogP contribution in [0.3, 0.4) is 0 Å². The third kappa shape index (κ3) is 5.00. The van der Waals surface area contributed by atoms with E-state index in [-0.39, 0.29) is 41.2 Å². The molecule has 0 unspecified atom stereocenters. The molecule has 0 atom stereocenters. The summed E-state index contributed by atoms with van der Waals surface area (Å²) >= 11 is 0.653. The van der Waals surface area contributed by atoms with Gasteiger partial charge in [-0.05, 0) is 48.9 Å². The van der Waals surface area contributed by atoms with Crippen molar-refractivity contribution in [2.45, 2.75) is 36.5 Å². The standard InChI is InChI=1S/C17H17F2N3O5S2/c18-17(19)7-5-10(6-8-17)14-15(24)22(16(25)28-14)9-13(23)21-11-1-3-12(4-2-11)29(20,26)27/h1-4H,5-9H2,(H,21,23)(H2,20,26,27). The third-order valence-electron chi connectivity index (χ3n) is 4.52. The van der Waals surface area contributed by atoms with Gasteiger partial charge in [0.15, 0.2) is 0 Å². The van der Waals surface area contributed by atoms with Gasteiger partial charge in [-0.1, -0.05) is 5.57 Å². The van der Waals surface area contributed by atoms with Crippen molar-refractivity contribution in [1.29, 1.82) is 0 Å². The Kier molecular flexibility index (Phi) is 5.79. The molecule has 29 heavy (non-hydrogen) atoms. The Morgan fingerprint density at radius 3 is 2.31 bits per heavy atom. The van der Waals surface area contributed by atoms with E-state index in [2.05, 4.69) is 5.32 Å². The molecule has 1 heterocycles. The fourth-order valence-corrected chi connectivity index (χ4v) is 4.46. The van der Waals surface area contributed by atoms with Gasteiger partial charge in [-0.15, -0.1) is 0 Å². The number of halogens is 2. The first-order valence-electron chi connectivity index (χ1n) is 8.52. The van der Waals surface area contributed by atoms with E-state index in [0.717, 1.165) is 4.90 Å². The molecule has 8 nitrogen and oxygen atoms in total. The van der Waals surface area contributed by atoms with E-state index in [4.69, 9.17) is 5.14 Å². The van der Waals surface area contributed by atoms with Gasteiger partial charge in [0.05, 0.1) is 9.80 Å². The van der Waals surface area contributed by atoms with Crippen molar-refractivity contribution in [3.05, 3.63) is 34.7 Å². The Hall–Kier alpha value is -2.31. The highest BCUT2D eigenvalue weighted by molar-refractivity contribution is 8.18. The number of anilines is 1. The van der Waals surface area contributed by atoms with Crippen molar-refractivity contribution >= 4 is 44.5 Å². The molecular weight excluding hydrogens is 428 g/mol. The lowest BCUT2D eigenvalue weighted by molar-refractivity contribution is -0.127. The highest BCUT2D eigenvalue weighted by atomic mass is 32.2. The number of hydrogen-bond acceptors (Lipinski definition) is 6. The maximum absolute atomic E-state index is 13.3. The molecule has 0 bridgehead atoms. The van der Waals surface area contributed by atoms with Crippen molar-refractivity contribution in [1.82, 2.24) is 4.90 Å². The summed E-state index contributed by atoms with van der Waals surface area (Å²) in [5, 5.41) is 6.80. The second-order valence-corrected chi connectivity index (χ2v) is 9.19. The maximum atomic E-state index is 13.3. The first-order chi connectivity index (χ1) is 13.5. The number of hydrogen-bond donors (Lipinski definition) is 2. The first-order valence-corrected chi connectivity index (χ1v) is 10.9. The summed E-state index contributed by atoms with van der Waals surface area (Å²) < 4.78 is 49.1. The molecule has 1 aromatic rings. The minimum absolute atomic E-state index is 0.0325. The number of nitrogens with one attached hydrogen (secondary N) is 1. The van der Waals surface area contributed by atoms with Crippen LogP contribution in [0.2, 0.25) is 0 Å². The number of carbonyl (C=O) groups excluding carboxylic acids is 3. The van der Waals surface area contributed by atoms with E-state index in [9.17, 15) is 31.6 Å². The van der Waals surface area contributed by atoms with Gasteiger partial charge in [-0.2, -0.15) is 0 Å². The second kappa shape index (κ2) is 7.84. The molecular formula is C17H17F2N3O5S2. The number of amides is 3. The molecule has 3 rings (SSSR count). The Balaban J connectivity index is 1.65. The van der Waals surface area contributed by atoms with Crippen LogP contribution in [0, 0.1) is 0 Å². The molecule has 1 saturated heterocycles. The van der Waals surface area contributed by atoms with E-state index in [1.807, 2.05) is 0 Å². The molecule has 0 aromatic heterocycles. The minimum Gasteiger partial charge on any atom is -0.325 e. The molecule has 156 valence electrons. The van der Waals surface area contributed by atoms with Crippen molar-refractivity contribution in [3.8, 4) is 0 Å². The lowest BCUT2D eigenvalue weighted by atomic mass is 9.91. The SMILES string of the molecule is NS(=O)(=O)c1ccc(NC(=O)CN2C(=O)SC(=C3CCC(F)(F)CC3)C2=O)cc1. The Morgan fingerprint density at radius 1 is 1.17 bits per heavy atom. The first kappa shape index (κ1) is 21.4. The normalized spacial score (nSPS) is 19.6. The summed E-state index contributed by atoms with van der Waals surface area (Å²) in [5.41, 5.74) is 0.767. The van der Waals surface area contributed by atoms with Crippen LogP contribution >= 0.6 is 11.8 Å². The molecule has 3 amide bonds. The molecule has 1 saturated carbocycles. The van der Waals surface area contributed by atoms with Gasteiger partial charge in [0.1, 0.15) is 6.54 Å². The zero-order valence-electron chi connectivity index (χ0n) is 15.0. The number of nitrogens with zero attached hydrogens (tertiary/aromatic N) is 1. The number of imide groups is 1. The number of allylic oxidation sites excluding steroid dienone is 1. The molecule has 1 aliphatic carbocycles. The Bertz CT molecular complexity index is 994. The summed E-state index contributed by atoms with van der Waals surface area (Å²) in [4.78, 5) is 37.6. The summed E-state index contributed by atoms with van der Waals surface area (Å²) in [5.74, 6) is -4.10. The fraction of sp³-hybridized carbons (Fsp3) is 0.353. The topological polar surface area (TPSA) is 127 Å². The van der Waals surface area contributed by atoms with Crippen LogP contribution < -0.4 is 10.5 Å². The van der Waals surface area contributed by atoms with Gasteiger partial charge in [-0.3, -0.25) is 19.3 Å². The number of rotatable bonds is 4. The smallest absolute Gasteiger partial charge is 0.294 e. The van der Waals surface area contributed by atoms with Gasteiger partial charge < -0.3 is 5.32 Å². The van der Waals surface area contributed by atoms with Crippen LogP contribution in [0.5, 0.6) is 0 Å². The number of thioether (sulfide) groups is 1. The van der Waals surface area contributed by atoms with Crippen molar-refractivity contribution < 1.29 is 31.6 Å². The second-order valence-electron chi connectivity index (χ2n) is 6.67. The molecule has 0 radical (unpaired) electrons. The average Bonchev–Trinajstić information content (AvgIpc) is 2.89. The van der Waals surface area contributed by atoms with E-state index >= 15 is 0 Å². The molecule has 2 aliphatic rings. The lowest BCUT2D eigenvalue weighted by Gasteiger charge is -2.24. The number of alkyl halides is 2. The number of sulfonamides is 1. The van der Waals surface area contributed by atoms with Gasteiger partial charge in [0, 0.05) is 18.5 Å². The highest BCUT2D eigenvalue weighted by Crippen LogP contribution is 2.42. The summed E-state index contributed by atoms with van der Waals surface area (Å²) in [6, 6.07) is 5.04. The van der Waals surface area contributed by atoms with E-state index < -0.39 is 39.5 Å². The van der Waals surface area contributed by atoms with E-state index in [1.165, 1.54) is 24.3 Å². The molecule has 3 N–H and O–H groups in total. The molecule has 1 aliphatic heterocycles. The van der Waals surface area contributed by atoms with Crippen molar-refractivity contribution in [2.75, 3.05) is 11.9 Å². The van der Waals surface area contributed by atoms with Gasteiger partial charge in [0.2, 0.25) is 21.9 Å². The van der Waals surface area contributed by atoms with Crippen molar-refractivity contribution in [3.63, 3.8) is 0 Å². The van der Waals surface area contributed by atoms with Crippen LogP contribution in [-0.2, 0) is 19.6 Å². The summed E-state index contributed by atoms with van der Waals surface area (Å²) in [6.45, 7) is -0.547. The number of carbonyl (C=O) groups is 3. The molecule has 2 fully saturated rings. The van der Waals surface area contributed by atoms with Gasteiger partial charge in [0.25, 0.3) is 11.1 Å². The van der Waals surface area contributed by atoms with Crippen LogP contribution in [0.4, 0.5) is 19.3 Å². The largest absolute Gasteiger partial charge is 0.325 e. The predicted octanol–water partition coefficient (Wildman–Crippen LogP) is 2.43. The molecule has 12 heteroatoms. The summed E-state index contributed by atoms with van der Waals surface area (Å²) in [7, 11) is -3.87. The zero-order chi connectivity index (χ0) is 21.4. The van der Waals surface area contributed by atoms with Crippen LogP contribution in [-0.4, -0.2) is 42.8 Å². The van der Waals surface area contributed by atoms with E-state index in [1.54, 1.807) is 0 Å². The third-order valence-corrected chi connectivity index (χ3v) is 6.52. The average molecular weight is 445 g/mol. The lowest BCUT2D eigenvalue weighted by Crippen LogP contribution is -2.36. The fourth-order valence-electron chi connectivity index (χ4n) is 2.97. The maximum Gasteiger partial charge on any atom is 0.294 e. The molecule has 1 aromatic carbocycles. The van der Waals surface area contributed by atoms with Gasteiger partial charge >= 0.3 is 0 Å². The van der Waals surface area contributed by atoms with E-state index in [0.29, 0.717) is 17.3 Å². The zero-order valence-corrected chi connectivity index (χ0v) is 16.6. The number of benzene rings is 1. The summed E-state index contributed by atoms with van der Waals surface area (Å²) in [6.07, 6.45) is -0.679. The monoisotopic (exact) mass is 445 g/mol. The van der Waals surface area contributed by atoms with Crippen LogP contribution in [0.25, 0.3) is 0 Å². The Morgan fingerprint density at radius 2 is 1.76 bits per heavy atom. The predicted molar refractivity (Wildman–Crippen MR) is 102 cm³/mol. The molecule has 0 spiro atoms.